The third-order valence-corrected chi connectivity index (χ3v) is 3.86. The van der Waals surface area contributed by atoms with E-state index in [0.29, 0.717) is 0 Å². The van der Waals surface area contributed by atoms with Crippen molar-refractivity contribution >= 4 is 23.1 Å². The molecule has 2 rings (SSSR count). The molecule has 0 radical (unpaired) electrons. The third-order valence-electron chi connectivity index (χ3n) is 1.82. The van der Waals surface area contributed by atoms with E-state index in [0.717, 1.165) is 5.56 Å². The molecule has 0 saturated heterocycles. The molecular weight excluding hydrogens is 212 g/mol. The molecule has 0 amide bonds. The van der Waals surface area contributed by atoms with Crippen molar-refractivity contribution in [2.45, 2.75) is 15.7 Å². The molecule has 3 heteroatoms. The molecule has 0 spiro atoms. The van der Waals surface area contributed by atoms with E-state index in [4.69, 9.17) is 5.11 Å². The zero-order chi connectivity index (χ0) is 9.80. The first-order chi connectivity index (χ1) is 6.88. The van der Waals surface area contributed by atoms with Crippen molar-refractivity contribution in [3.63, 3.8) is 0 Å². The molecule has 1 aromatic heterocycles. The Bertz CT molecular complexity index is 378. The number of hydrogen-bond donors (Lipinski definition) is 1. The largest absolute Gasteiger partial charge is 0.392 e. The van der Waals surface area contributed by atoms with Gasteiger partial charge in [0.2, 0.25) is 0 Å². The summed E-state index contributed by atoms with van der Waals surface area (Å²) in [6, 6.07) is 12.1. The molecule has 1 N–H and O–H groups in total. The fourth-order valence-electron chi connectivity index (χ4n) is 1.10. The van der Waals surface area contributed by atoms with Gasteiger partial charge < -0.3 is 5.11 Å². The molecule has 1 heterocycles. The molecule has 14 heavy (non-hydrogen) atoms. The van der Waals surface area contributed by atoms with Crippen LogP contribution in [0.4, 0.5) is 0 Å². The number of rotatable bonds is 3. The van der Waals surface area contributed by atoms with Crippen LogP contribution in [0.2, 0.25) is 0 Å². The number of hydrogen-bond acceptors (Lipinski definition) is 3. The van der Waals surface area contributed by atoms with Crippen LogP contribution in [0.15, 0.2) is 50.9 Å². The lowest BCUT2D eigenvalue weighted by Crippen LogP contribution is -1.80. The summed E-state index contributed by atoms with van der Waals surface area (Å²) < 4.78 is 1.29. The Hall–Kier alpha value is -0.770. The summed E-state index contributed by atoms with van der Waals surface area (Å²) in [5.74, 6) is 0. The van der Waals surface area contributed by atoms with Gasteiger partial charge in [-0.2, -0.15) is 0 Å². The van der Waals surface area contributed by atoms with Crippen LogP contribution in [0, 0.1) is 0 Å². The summed E-state index contributed by atoms with van der Waals surface area (Å²) in [4.78, 5) is 1.21. The first-order valence-corrected chi connectivity index (χ1v) is 5.99. The molecule has 72 valence electrons. The summed E-state index contributed by atoms with van der Waals surface area (Å²) in [5, 5.41) is 11.0. The van der Waals surface area contributed by atoms with Gasteiger partial charge in [0.1, 0.15) is 0 Å². The topological polar surface area (TPSA) is 20.2 Å². The second-order valence-electron chi connectivity index (χ2n) is 2.84. The second kappa shape index (κ2) is 4.64. The van der Waals surface area contributed by atoms with E-state index in [1.54, 1.807) is 23.1 Å². The zero-order valence-corrected chi connectivity index (χ0v) is 9.15. The molecule has 0 aliphatic rings. The van der Waals surface area contributed by atoms with Crippen molar-refractivity contribution in [2.24, 2.45) is 0 Å². The van der Waals surface area contributed by atoms with Gasteiger partial charge in [-0.3, -0.25) is 0 Å². The van der Waals surface area contributed by atoms with Gasteiger partial charge in [0.05, 0.1) is 10.8 Å². The zero-order valence-electron chi connectivity index (χ0n) is 7.51. The van der Waals surface area contributed by atoms with Crippen LogP contribution in [0.25, 0.3) is 0 Å². The first-order valence-electron chi connectivity index (χ1n) is 4.29. The monoisotopic (exact) mass is 222 g/mol. The van der Waals surface area contributed by atoms with E-state index in [2.05, 4.69) is 17.5 Å². The highest BCUT2D eigenvalue weighted by Crippen LogP contribution is 2.31. The minimum Gasteiger partial charge on any atom is -0.392 e. The van der Waals surface area contributed by atoms with Gasteiger partial charge in [-0.05, 0) is 29.1 Å². The highest BCUT2D eigenvalue weighted by Gasteiger charge is 1.97. The maximum atomic E-state index is 8.88. The van der Waals surface area contributed by atoms with Gasteiger partial charge in [-0.1, -0.05) is 30.0 Å². The quantitative estimate of drug-likeness (QED) is 0.859. The molecular formula is C11H10OS2. The van der Waals surface area contributed by atoms with Gasteiger partial charge in [-0.15, -0.1) is 11.3 Å². The summed E-state index contributed by atoms with van der Waals surface area (Å²) in [6.45, 7) is 0.115. The lowest BCUT2D eigenvalue weighted by atomic mass is 10.2. The Kier molecular flexibility index (Phi) is 3.24. The van der Waals surface area contributed by atoms with Crippen molar-refractivity contribution in [1.82, 2.24) is 0 Å². The van der Waals surface area contributed by atoms with Crippen LogP contribution < -0.4 is 0 Å². The predicted molar refractivity (Wildman–Crippen MR) is 60.8 cm³/mol. The molecule has 2 aromatic rings. The SMILES string of the molecule is OCc1ccc(Sc2cccs2)cc1. The molecule has 0 aliphatic carbocycles. The number of aliphatic hydroxyl groups excluding tert-OH is 1. The Morgan fingerprint density at radius 3 is 2.50 bits per heavy atom. The van der Waals surface area contributed by atoms with Crippen molar-refractivity contribution in [1.29, 1.82) is 0 Å². The second-order valence-corrected chi connectivity index (χ2v) is 5.16. The minimum absolute atomic E-state index is 0.115. The molecule has 1 nitrogen and oxygen atoms in total. The van der Waals surface area contributed by atoms with Crippen LogP contribution in [0.5, 0.6) is 0 Å². The van der Waals surface area contributed by atoms with Gasteiger partial charge >= 0.3 is 0 Å². The molecule has 0 unspecified atom stereocenters. The Morgan fingerprint density at radius 2 is 1.93 bits per heavy atom. The lowest BCUT2D eigenvalue weighted by Gasteiger charge is -1.99. The van der Waals surface area contributed by atoms with E-state index < -0.39 is 0 Å². The van der Waals surface area contributed by atoms with Gasteiger partial charge in [0, 0.05) is 4.90 Å². The van der Waals surface area contributed by atoms with Crippen LogP contribution in [0.1, 0.15) is 5.56 Å². The van der Waals surface area contributed by atoms with Crippen molar-refractivity contribution < 1.29 is 5.11 Å². The fraction of sp³-hybridized carbons (Fsp3) is 0.0909. The Morgan fingerprint density at radius 1 is 1.14 bits per heavy atom. The Balaban J connectivity index is 2.10. The van der Waals surface area contributed by atoms with Gasteiger partial charge in [-0.25, -0.2) is 0 Å². The Labute approximate surface area is 91.4 Å². The van der Waals surface area contributed by atoms with E-state index in [1.165, 1.54) is 9.10 Å². The van der Waals surface area contributed by atoms with Crippen molar-refractivity contribution in [3.8, 4) is 0 Å². The summed E-state index contributed by atoms with van der Waals surface area (Å²) in [5.41, 5.74) is 0.959. The summed E-state index contributed by atoms with van der Waals surface area (Å²) in [6.07, 6.45) is 0. The summed E-state index contributed by atoms with van der Waals surface area (Å²) in [7, 11) is 0. The van der Waals surface area contributed by atoms with Crippen LogP contribution in [-0.2, 0) is 6.61 Å². The molecule has 0 atom stereocenters. The van der Waals surface area contributed by atoms with E-state index >= 15 is 0 Å². The normalized spacial score (nSPS) is 10.4. The van der Waals surface area contributed by atoms with Gasteiger partial charge in [0.25, 0.3) is 0 Å². The first kappa shape index (κ1) is 9.77. The number of benzene rings is 1. The maximum Gasteiger partial charge on any atom is 0.0681 e. The molecule has 1 aromatic carbocycles. The molecule has 0 fully saturated rings. The minimum atomic E-state index is 0.115. The molecule has 0 bridgehead atoms. The highest BCUT2D eigenvalue weighted by atomic mass is 32.2. The van der Waals surface area contributed by atoms with Crippen LogP contribution in [0.3, 0.4) is 0 Å². The van der Waals surface area contributed by atoms with Crippen molar-refractivity contribution in [2.75, 3.05) is 0 Å². The van der Waals surface area contributed by atoms with Crippen LogP contribution >= 0.6 is 23.1 Å². The summed E-state index contributed by atoms with van der Waals surface area (Å²) >= 11 is 3.49. The van der Waals surface area contributed by atoms with Crippen molar-refractivity contribution in [3.05, 3.63) is 47.3 Å². The smallest absolute Gasteiger partial charge is 0.0681 e. The van der Waals surface area contributed by atoms with Crippen LogP contribution in [-0.4, -0.2) is 5.11 Å². The average Bonchev–Trinajstić information content (AvgIpc) is 2.72. The number of thiophene rings is 1. The predicted octanol–water partition coefficient (Wildman–Crippen LogP) is 3.39. The molecule has 0 saturated carbocycles. The average molecular weight is 222 g/mol. The molecule has 0 aliphatic heterocycles. The lowest BCUT2D eigenvalue weighted by molar-refractivity contribution is 0.282. The van der Waals surface area contributed by atoms with E-state index in [9.17, 15) is 0 Å². The maximum absolute atomic E-state index is 8.88. The number of aliphatic hydroxyl groups is 1. The third kappa shape index (κ3) is 2.38. The standard InChI is InChI=1S/C11H10OS2/c12-8-9-3-5-10(6-4-9)14-11-2-1-7-13-11/h1-7,12H,8H2. The highest BCUT2D eigenvalue weighted by molar-refractivity contribution is 8.01. The van der Waals surface area contributed by atoms with Gasteiger partial charge in [0.15, 0.2) is 0 Å². The van der Waals surface area contributed by atoms with E-state index in [1.807, 2.05) is 24.3 Å². The fourth-order valence-corrected chi connectivity index (χ4v) is 2.85. The van der Waals surface area contributed by atoms with E-state index in [-0.39, 0.29) is 6.61 Å².